The summed E-state index contributed by atoms with van der Waals surface area (Å²) in [6.45, 7) is 5.02. The van der Waals surface area contributed by atoms with Gasteiger partial charge < -0.3 is 16.2 Å². The molecular formula is C14H30N2O2. The molecule has 1 amide bonds. The first-order chi connectivity index (χ1) is 8.67. The lowest BCUT2D eigenvalue weighted by atomic mass is 9.94. The second-order valence-electron chi connectivity index (χ2n) is 4.96. The van der Waals surface area contributed by atoms with Crippen molar-refractivity contribution >= 4 is 5.91 Å². The third-order valence-corrected chi connectivity index (χ3v) is 3.39. The van der Waals surface area contributed by atoms with Gasteiger partial charge >= 0.3 is 0 Å². The van der Waals surface area contributed by atoms with Crippen LogP contribution in [-0.2, 0) is 4.79 Å². The molecule has 0 heterocycles. The zero-order valence-electron chi connectivity index (χ0n) is 12.0. The first kappa shape index (κ1) is 17.4. The van der Waals surface area contributed by atoms with Gasteiger partial charge in [0.25, 0.3) is 0 Å². The summed E-state index contributed by atoms with van der Waals surface area (Å²) in [4.78, 5) is 11.8. The Labute approximate surface area is 111 Å². The zero-order chi connectivity index (χ0) is 13.8. The molecule has 0 saturated carbocycles. The molecule has 0 saturated heterocycles. The van der Waals surface area contributed by atoms with Crippen LogP contribution >= 0.6 is 0 Å². The first-order valence-electron chi connectivity index (χ1n) is 7.28. The van der Waals surface area contributed by atoms with E-state index in [-0.39, 0.29) is 18.6 Å². The van der Waals surface area contributed by atoms with E-state index >= 15 is 0 Å². The highest BCUT2D eigenvalue weighted by Gasteiger charge is 2.13. The predicted octanol–water partition coefficient (Wildman–Crippen LogP) is 1.81. The van der Waals surface area contributed by atoms with Crippen molar-refractivity contribution in [2.45, 2.75) is 64.8 Å². The van der Waals surface area contributed by atoms with Crippen molar-refractivity contribution in [1.82, 2.24) is 5.32 Å². The highest BCUT2D eigenvalue weighted by Crippen LogP contribution is 2.16. The lowest BCUT2D eigenvalue weighted by molar-refractivity contribution is -0.122. The van der Waals surface area contributed by atoms with Gasteiger partial charge in [-0.3, -0.25) is 4.79 Å². The summed E-state index contributed by atoms with van der Waals surface area (Å²) in [7, 11) is 0. The van der Waals surface area contributed by atoms with Gasteiger partial charge in [0.1, 0.15) is 0 Å². The van der Waals surface area contributed by atoms with E-state index in [9.17, 15) is 4.79 Å². The Morgan fingerprint density at radius 2 is 1.94 bits per heavy atom. The van der Waals surface area contributed by atoms with E-state index in [1.807, 2.05) is 6.92 Å². The lowest BCUT2D eigenvalue weighted by Gasteiger charge is -2.18. The van der Waals surface area contributed by atoms with Crippen LogP contribution in [0.25, 0.3) is 0 Å². The van der Waals surface area contributed by atoms with Crippen molar-refractivity contribution in [2.24, 2.45) is 11.7 Å². The number of hydrogen-bond acceptors (Lipinski definition) is 3. The van der Waals surface area contributed by atoms with E-state index in [1.165, 1.54) is 0 Å². The normalized spacial score (nSPS) is 14.2. The van der Waals surface area contributed by atoms with Gasteiger partial charge in [0, 0.05) is 19.1 Å². The molecule has 0 aromatic rings. The van der Waals surface area contributed by atoms with E-state index in [0.29, 0.717) is 25.3 Å². The molecule has 4 heteroatoms. The lowest BCUT2D eigenvalue weighted by Crippen LogP contribution is -2.35. The van der Waals surface area contributed by atoms with Gasteiger partial charge in [0.15, 0.2) is 0 Å². The molecule has 4 nitrogen and oxygen atoms in total. The second-order valence-corrected chi connectivity index (χ2v) is 4.96. The average Bonchev–Trinajstić information content (AvgIpc) is 2.36. The van der Waals surface area contributed by atoms with Crippen LogP contribution in [0.3, 0.4) is 0 Å². The Morgan fingerprint density at radius 1 is 1.22 bits per heavy atom. The van der Waals surface area contributed by atoms with Gasteiger partial charge in [-0.1, -0.05) is 26.7 Å². The molecule has 2 atom stereocenters. The Bertz CT molecular complexity index is 204. The standard InChI is InChI=1S/C14H30N2O2/c1-3-5-12(8-10-15)6-7-14(18)16-13(4-2)9-11-17/h12-13,17H,3-11,15H2,1-2H3,(H,16,18). The summed E-state index contributed by atoms with van der Waals surface area (Å²) >= 11 is 0. The highest BCUT2D eigenvalue weighted by molar-refractivity contribution is 5.76. The Balaban J connectivity index is 3.91. The Kier molecular flexibility index (Phi) is 11.1. The fourth-order valence-corrected chi connectivity index (χ4v) is 2.25. The summed E-state index contributed by atoms with van der Waals surface area (Å²) in [5.74, 6) is 0.678. The number of aliphatic hydroxyl groups is 1. The first-order valence-corrected chi connectivity index (χ1v) is 7.28. The van der Waals surface area contributed by atoms with E-state index < -0.39 is 0 Å². The summed E-state index contributed by atoms with van der Waals surface area (Å²) in [6, 6.07) is 0.113. The number of hydrogen-bond donors (Lipinski definition) is 3. The Hall–Kier alpha value is -0.610. The van der Waals surface area contributed by atoms with Gasteiger partial charge in [-0.25, -0.2) is 0 Å². The smallest absolute Gasteiger partial charge is 0.220 e. The Morgan fingerprint density at radius 3 is 2.44 bits per heavy atom. The van der Waals surface area contributed by atoms with Crippen molar-refractivity contribution in [3.05, 3.63) is 0 Å². The zero-order valence-corrected chi connectivity index (χ0v) is 12.0. The molecule has 0 aromatic carbocycles. The fourth-order valence-electron chi connectivity index (χ4n) is 2.25. The number of aliphatic hydroxyl groups excluding tert-OH is 1. The third-order valence-electron chi connectivity index (χ3n) is 3.39. The molecule has 108 valence electrons. The molecule has 0 spiro atoms. The molecule has 0 aromatic heterocycles. The van der Waals surface area contributed by atoms with Crippen molar-refractivity contribution in [2.75, 3.05) is 13.2 Å². The predicted molar refractivity (Wildman–Crippen MR) is 75.2 cm³/mol. The average molecular weight is 258 g/mol. The molecule has 0 aliphatic heterocycles. The molecule has 0 aliphatic rings. The van der Waals surface area contributed by atoms with Crippen LogP contribution in [0.5, 0.6) is 0 Å². The van der Waals surface area contributed by atoms with Gasteiger partial charge in [-0.05, 0) is 38.1 Å². The monoisotopic (exact) mass is 258 g/mol. The maximum atomic E-state index is 11.8. The molecule has 4 N–H and O–H groups in total. The number of nitrogens with one attached hydrogen (secondary N) is 1. The molecule has 0 radical (unpaired) electrons. The minimum absolute atomic E-state index is 0.105. The molecule has 0 fully saturated rings. The van der Waals surface area contributed by atoms with Crippen LogP contribution in [-0.4, -0.2) is 30.2 Å². The quantitative estimate of drug-likeness (QED) is 0.529. The van der Waals surface area contributed by atoms with Gasteiger partial charge in [-0.2, -0.15) is 0 Å². The maximum Gasteiger partial charge on any atom is 0.220 e. The van der Waals surface area contributed by atoms with Crippen LogP contribution < -0.4 is 11.1 Å². The molecule has 2 unspecified atom stereocenters. The molecule has 0 bridgehead atoms. The molecule has 18 heavy (non-hydrogen) atoms. The van der Waals surface area contributed by atoms with Crippen molar-refractivity contribution < 1.29 is 9.90 Å². The van der Waals surface area contributed by atoms with Crippen LogP contribution in [0.2, 0.25) is 0 Å². The number of nitrogens with two attached hydrogens (primary N) is 1. The number of amides is 1. The minimum atomic E-state index is 0.105. The maximum absolute atomic E-state index is 11.8. The molecular weight excluding hydrogens is 228 g/mol. The van der Waals surface area contributed by atoms with Crippen LogP contribution in [0, 0.1) is 5.92 Å². The minimum Gasteiger partial charge on any atom is -0.396 e. The topological polar surface area (TPSA) is 75.4 Å². The van der Waals surface area contributed by atoms with Gasteiger partial charge in [0.2, 0.25) is 5.91 Å². The second kappa shape index (κ2) is 11.5. The summed E-state index contributed by atoms with van der Waals surface area (Å²) in [5, 5.41) is 11.9. The van der Waals surface area contributed by atoms with Crippen LogP contribution in [0.15, 0.2) is 0 Å². The summed E-state index contributed by atoms with van der Waals surface area (Å²) in [5.41, 5.74) is 5.58. The van der Waals surface area contributed by atoms with Gasteiger partial charge in [-0.15, -0.1) is 0 Å². The van der Waals surface area contributed by atoms with E-state index in [0.717, 1.165) is 32.1 Å². The van der Waals surface area contributed by atoms with Gasteiger partial charge in [0.05, 0.1) is 0 Å². The largest absolute Gasteiger partial charge is 0.396 e. The fraction of sp³-hybridized carbons (Fsp3) is 0.929. The van der Waals surface area contributed by atoms with E-state index in [2.05, 4.69) is 12.2 Å². The van der Waals surface area contributed by atoms with E-state index in [1.54, 1.807) is 0 Å². The van der Waals surface area contributed by atoms with Crippen molar-refractivity contribution in [3.8, 4) is 0 Å². The number of rotatable bonds is 11. The SMILES string of the molecule is CCCC(CCN)CCC(=O)NC(CC)CCO. The highest BCUT2D eigenvalue weighted by atomic mass is 16.3. The van der Waals surface area contributed by atoms with Crippen LogP contribution in [0.1, 0.15) is 58.8 Å². The van der Waals surface area contributed by atoms with Crippen LogP contribution in [0.4, 0.5) is 0 Å². The van der Waals surface area contributed by atoms with Crippen molar-refractivity contribution in [1.29, 1.82) is 0 Å². The summed E-state index contributed by atoms with van der Waals surface area (Å²) < 4.78 is 0. The molecule has 0 rings (SSSR count). The number of carbonyl (C=O) groups excluding carboxylic acids is 1. The molecule has 0 aliphatic carbocycles. The number of carbonyl (C=O) groups is 1. The third kappa shape index (κ3) is 8.48. The summed E-state index contributed by atoms with van der Waals surface area (Å²) in [6.07, 6.45) is 6.32. The van der Waals surface area contributed by atoms with Crippen molar-refractivity contribution in [3.63, 3.8) is 0 Å². The van der Waals surface area contributed by atoms with E-state index in [4.69, 9.17) is 10.8 Å².